The van der Waals surface area contributed by atoms with Crippen molar-refractivity contribution < 1.29 is 0 Å². The second kappa shape index (κ2) is 5.93. The number of hydrogen-bond acceptors (Lipinski definition) is 4. The lowest BCUT2D eigenvalue weighted by Gasteiger charge is -2.07. The minimum atomic E-state index is 0.394. The molecule has 94 valence electrons. The van der Waals surface area contributed by atoms with Gasteiger partial charge in [-0.3, -0.25) is 0 Å². The number of aromatic nitrogens is 1. The molecule has 0 atom stereocenters. The molecule has 0 aliphatic rings. The van der Waals surface area contributed by atoms with E-state index in [2.05, 4.69) is 28.7 Å². The first-order valence-corrected chi connectivity index (χ1v) is 7.04. The summed E-state index contributed by atoms with van der Waals surface area (Å²) in [6.45, 7) is 2.95. The monoisotopic (exact) mass is 277 g/mol. The smallest absolute Gasteiger partial charge is 0.126 e. The summed E-state index contributed by atoms with van der Waals surface area (Å²) < 4.78 is 0. The van der Waals surface area contributed by atoms with Crippen LogP contribution in [0.15, 0.2) is 29.8 Å². The minimum Gasteiger partial charge on any atom is -0.389 e. The molecule has 0 amide bonds. The molecule has 2 heterocycles. The quantitative estimate of drug-likeness (QED) is 0.825. The molecule has 5 heteroatoms. The van der Waals surface area contributed by atoms with Gasteiger partial charge in [0, 0.05) is 16.6 Å². The van der Waals surface area contributed by atoms with Gasteiger partial charge in [-0.1, -0.05) is 19.1 Å². The summed E-state index contributed by atoms with van der Waals surface area (Å²) in [4.78, 5) is 6.00. The molecule has 0 spiro atoms. The van der Waals surface area contributed by atoms with Crippen molar-refractivity contribution in [2.45, 2.75) is 19.9 Å². The van der Waals surface area contributed by atoms with Crippen molar-refractivity contribution >= 4 is 34.4 Å². The summed E-state index contributed by atoms with van der Waals surface area (Å²) in [5.74, 6) is 0.802. The van der Waals surface area contributed by atoms with Crippen LogP contribution in [0.2, 0.25) is 0 Å². The third kappa shape index (κ3) is 3.05. The molecule has 0 fully saturated rings. The lowest BCUT2D eigenvalue weighted by molar-refractivity contribution is 1.07. The van der Waals surface area contributed by atoms with Crippen LogP contribution in [0.3, 0.4) is 0 Å². The maximum atomic E-state index is 5.60. The SMILES string of the molecule is CCc1ccsc1CNc1cc(C(N)=S)ccn1. The van der Waals surface area contributed by atoms with Crippen LogP contribution < -0.4 is 11.1 Å². The highest BCUT2D eigenvalue weighted by Gasteiger charge is 2.03. The Morgan fingerprint density at radius 3 is 3.06 bits per heavy atom. The number of rotatable bonds is 5. The van der Waals surface area contributed by atoms with Crippen molar-refractivity contribution in [1.29, 1.82) is 0 Å². The molecular weight excluding hydrogens is 262 g/mol. The van der Waals surface area contributed by atoms with Crippen LogP contribution in [0.25, 0.3) is 0 Å². The number of anilines is 1. The Hall–Kier alpha value is -1.46. The summed E-state index contributed by atoms with van der Waals surface area (Å²) in [5.41, 5.74) is 7.82. The summed E-state index contributed by atoms with van der Waals surface area (Å²) in [5, 5.41) is 5.42. The van der Waals surface area contributed by atoms with Gasteiger partial charge in [0.15, 0.2) is 0 Å². The molecule has 0 saturated heterocycles. The van der Waals surface area contributed by atoms with E-state index in [4.69, 9.17) is 18.0 Å². The first-order valence-electron chi connectivity index (χ1n) is 5.75. The first kappa shape index (κ1) is 13.0. The van der Waals surface area contributed by atoms with E-state index < -0.39 is 0 Å². The predicted octanol–water partition coefficient (Wildman–Crippen LogP) is 2.95. The van der Waals surface area contributed by atoms with Crippen LogP contribution in [0.5, 0.6) is 0 Å². The molecule has 3 N–H and O–H groups in total. The van der Waals surface area contributed by atoms with Gasteiger partial charge in [0.25, 0.3) is 0 Å². The molecule has 2 rings (SSSR count). The predicted molar refractivity (Wildman–Crippen MR) is 81.1 cm³/mol. The van der Waals surface area contributed by atoms with E-state index in [1.165, 1.54) is 10.4 Å². The fraction of sp³-hybridized carbons (Fsp3) is 0.231. The average molecular weight is 277 g/mol. The number of nitrogens with two attached hydrogens (primary N) is 1. The van der Waals surface area contributed by atoms with Crippen molar-refractivity contribution in [2.24, 2.45) is 5.73 Å². The van der Waals surface area contributed by atoms with Gasteiger partial charge in [-0.25, -0.2) is 4.98 Å². The number of aryl methyl sites for hydroxylation is 1. The van der Waals surface area contributed by atoms with Crippen LogP contribution in [0.1, 0.15) is 22.9 Å². The van der Waals surface area contributed by atoms with Gasteiger partial charge in [0.05, 0.1) is 6.54 Å². The zero-order chi connectivity index (χ0) is 13.0. The van der Waals surface area contributed by atoms with Gasteiger partial charge < -0.3 is 11.1 Å². The van der Waals surface area contributed by atoms with E-state index in [1.807, 2.05) is 12.1 Å². The topological polar surface area (TPSA) is 50.9 Å². The number of nitrogens with zero attached hydrogens (tertiary/aromatic N) is 1. The van der Waals surface area contributed by atoms with Crippen LogP contribution >= 0.6 is 23.6 Å². The number of pyridine rings is 1. The number of nitrogens with one attached hydrogen (secondary N) is 1. The first-order chi connectivity index (χ1) is 8.70. The van der Waals surface area contributed by atoms with Gasteiger partial charge in [-0.05, 0) is 35.6 Å². The van der Waals surface area contributed by atoms with E-state index in [-0.39, 0.29) is 0 Å². The summed E-state index contributed by atoms with van der Waals surface area (Å²) >= 11 is 6.71. The largest absolute Gasteiger partial charge is 0.389 e. The average Bonchev–Trinajstić information content (AvgIpc) is 2.84. The summed E-state index contributed by atoms with van der Waals surface area (Å²) in [6, 6.07) is 5.86. The molecular formula is C13H15N3S2. The van der Waals surface area contributed by atoms with Crippen LogP contribution in [0, 0.1) is 0 Å². The fourth-order valence-corrected chi connectivity index (χ4v) is 2.73. The minimum absolute atomic E-state index is 0.394. The van der Waals surface area contributed by atoms with Crippen molar-refractivity contribution in [3.05, 3.63) is 45.8 Å². The van der Waals surface area contributed by atoms with E-state index in [9.17, 15) is 0 Å². The van der Waals surface area contributed by atoms with Gasteiger partial charge in [-0.15, -0.1) is 11.3 Å². The highest BCUT2D eigenvalue weighted by Crippen LogP contribution is 2.18. The Balaban J connectivity index is 2.06. The van der Waals surface area contributed by atoms with Gasteiger partial charge in [0.1, 0.15) is 10.8 Å². The second-order valence-electron chi connectivity index (χ2n) is 3.87. The number of thiocarbonyl (C=S) groups is 1. The highest BCUT2D eigenvalue weighted by molar-refractivity contribution is 7.80. The third-order valence-electron chi connectivity index (χ3n) is 2.69. The lowest BCUT2D eigenvalue weighted by Crippen LogP contribution is -2.10. The molecule has 0 aliphatic heterocycles. The molecule has 3 nitrogen and oxygen atoms in total. The normalized spacial score (nSPS) is 10.3. The number of hydrogen-bond donors (Lipinski definition) is 2. The van der Waals surface area contributed by atoms with E-state index >= 15 is 0 Å². The molecule has 0 radical (unpaired) electrons. The molecule has 0 unspecified atom stereocenters. The van der Waals surface area contributed by atoms with Crippen molar-refractivity contribution in [2.75, 3.05) is 5.32 Å². The summed E-state index contributed by atoms with van der Waals surface area (Å²) in [6.07, 6.45) is 2.77. The van der Waals surface area contributed by atoms with Crippen molar-refractivity contribution in [3.63, 3.8) is 0 Å². The molecule has 0 saturated carbocycles. The Labute approximate surface area is 116 Å². The third-order valence-corrected chi connectivity index (χ3v) is 3.89. The van der Waals surface area contributed by atoms with Crippen LogP contribution in [0.4, 0.5) is 5.82 Å². The number of thiophene rings is 1. The lowest BCUT2D eigenvalue weighted by atomic mass is 10.2. The Morgan fingerprint density at radius 1 is 1.50 bits per heavy atom. The molecule has 0 aromatic carbocycles. The van der Waals surface area contributed by atoms with E-state index in [0.717, 1.165) is 24.3 Å². The van der Waals surface area contributed by atoms with Gasteiger partial charge >= 0.3 is 0 Å². The van der Waals surface area contributed by atoms with E-state index in [0.29, 0.717) is 4.99 Å². The maximum absolute atomic E-state index is 5.60. The van der Waals surface area contributed by atoms with Crippen molar-refractivity contribution in [1.82, 2.24) is 4.98 Å². The Bertz CT molecular complexity index is 549. The zero-order valence-electron chi connectivity index (χ0n) is 10.1. The van der Waals surface area contributed by atoms with Gasteiger partial charge in [0.2, 0.25) is 0 Å². The maximum Gasteiger partial charge on any atom is 0.126 e. The Morgan fingerprint density at radius 2 is 2.33 bits per heavy atom. The fourth-order valence-electron chi connectivity index (χ4n) is 1.69. The van der Waals surface area contributed by atoms with Gasteiger partial charge in [-0.2, -0.15) is 0 Å². The molecule has 0 aliphatic carbocycles. The standard InChI is InChI=1S/C13H15N3S2/c1-2-9-4-6-18-11(9)8-16-12-7-10(13(14)17)3-5-15-12/h3-7H,2,8H2,1H3,(H2,14,17)(H,15,16). The van der Waals surface area contributed by atoms with Crippen LogP contribution in [-0.4, -0.2) is 9.97 Å². The van der Waals surface area contributed by atoms with E-state index in [1.54, 1.807) is 17.5 Å². The molecule has 18 heavy (non-hydrogen) atoms. The Kier molecular flexibility index (Phi) is 4.28. The molecule has 2 aromatic rings. The van der Waals surface area contributed by atoms with Crippen molar-refractivity contribution in [3.8, 4) is 0 Å². The molecule has 0 bridgehead atoms. The zero-order valence-corrected chi connectivity index (χ0v) is 11.8. The van der Waals surface area contributed by atoms with Crippen LogP contribution in [-0.2, 0) is 13.0 Å². The molecule has 2 aromatic heterocycles. The summed E-state index contributed by atoms with van der Waals surface area (Å²) in [7, 11) is 0. The second-order valence-corrected chi connectivity index (χ2v) is 5.31. The highest BCUT2D eigenvalue weighted by atomic mass is 32.1.